The minimum Gasteiger partial charge on any atom is -0.361 e. The van der Waals surface area contributed by atoms with Crippen LogP contribution in [-0.2, 0) is 16.0 Å². The maximum atomic E-state index is 13.0. The molecule has 0 aliphatic heterocycles. The number of para-hydroxylation sites is 1. The molecule has 1 heterocycles. The van der Waals surface area contributed by atoms with Crippen molar-refractivity contribution in [1.82, 2.24) is 10.3 Å². The van der Waals surface area contributed by atoms with E-state index in [1.54, 1.807) is 0 Å². The van der Waals surface area contributed by atoms with E-state index in [-0.39, 0.29) is 24.2 Å². The summed E-state index contributed by atoms with van der Waals surface area (Å²) in [6.07, 6.45) is 2.63. The van der Waals surface area contributed by atoms with Gasteiger partial charge in [-0.05, 0) is 42.3 Å². The van der Waals surface area contributed by atoms with Gasteiger partial charge in [0.2, 0.25) is 11.8 Å². The van der Waals surface area contributed by atoms with Crippen molar-refractivity contribution < 1.29 is 14.0 Å². The van der Waals surface area contributed by atoms with Gasteiger partial charge in [0.25, 0.3) is 0 Å². The van der Waals surface area contributed by atoms with Gasteiger partial charge in [-0.2, -0.15) is 0 Å². The van der Waals surface area contributed by atoms with Gasteiger partial charge in [-0.1, -0.05) is 18.2 Å². The highest BCUT2D eigenvalue weighted by Gasteiger charge is 2.15. The highest BCUT2D eigenvalue weighted by Crippen LogP contribution is 2.18. The molecular formula is C20H20FN3O2. The van der Waals surface area contributed by atoms with Crippen molar-refractivity contribution in [1.29, 1.82) is 0 Å². The number of benzene rings is 2. The molecule has 134 valence electrons. The molecule has 26 heavy (non-hydrogen) atoms. The molecule has 0 atom stereocenters. The van der Waals surface area contributed by atoms with Crippen LogP contribution >= 0.6 is 0 Å². The molecule has 0 saturated heterocycles. The summed E-state index contributed by atoms with van der Waals surface area (Å²) in [5.74, 6) is -0.923. The first kappa shape index (κ1) is 17.7. The van der Waals surface area contributed by atoms with E-state index < -0.39 is 0 Å². The van der Waals surface area contributed by atoms with Gasteiger partial charge in [0, 0.05) is 36.3 Å². The standard InChI is InChI=1S/C20H20FN3O2/c1-14(25)24(17-8-6-16(21)7-9-17)13-20(26)22-11-10-15-12-23-19-5-3-2-4-18(15)19/h2-9,12,23H,10-11,13H2,1H3,(H,22,26). The topological polar surface area (TPSA) is 65.2 Å². The summed E-state index contributed by atoms with van der Waals surface area (Å²) in [4.78, 5) is 28.5. The van der Waals surface area contributed by atoms with Crippen molar-refractivity contribution in [2.45, 2.75) is 13.3 Å². The van der Waals surface area contributed by atoms with E-state index in [2.05, 4.69) is 10.3 Å². The Balaban J connectivity index is 1.57. The Morgan fingerprint density at radius 3 is 2.58 bits per heavy atom. The zero-order chi connectivity index (χ0) is 18.5. The maximum absolute atomic E-state index is 13.0. The quantitative estimate of drug-likeness (QED) is 0.715. The summed E-state index contributed by atoms with van der Waals surface area (Å²) >= 11 is 0. The summed E-state index contributed by atoms with van der Waals surface area (Å²) in [5.41, 5.74) is 2.68. The molecule has 3 rings (SSSR count). The van der Waals surface area contributed by atoms with E-state index >= 15 is 0 Å². The minimum absolute atomic E-state index is 0.102. The number of amides is 2. The average molecular weight is 353 g/mol. The summed E-state index contributed by atoms with van der Waals surface area (Å²) in [5, 5.41) is 3.97. The van der Waals surface area contributed by atoms with Gasteiger partial charge in [-0.15, -0.1) is 0 Å². The number of nitrogens with one attached hydrogen (secondary N) is 2. The Labute approximate surface area is 150 Å². The molecule has 3 aromatic rings. The molecule has 0 unspecified atom stereocenters. The van der Waals surface area contributed by atoms with Crippen LogP contribution in [0.1, 0.15) is 12.5 Å². The molecule has 2 aromatic carbocycles. The van der Waals surface area contributed by atoms with Gasteiger partial charge in [0.1, 0.15) is 12.4 Å². The smallest absolute Gasteiger partial charge is 0.240 e. The van der Waals surface area contributed by atoms with Crippen molar-refractivity contribution >= 4 is 28.4 Å². The lowest BCUT2D eigenvalue weighted by atomic mass is 10.1. The summed E-state index contributed by atoms with van der Waals surface area (Å²) in [6, 6.07) is 13.5. The summed E-state index contributed by atoms with van der Waals surface area (Å²) in [6.45, 7) is 1.74. The SMILES string of the molecule is CC(=O)N(CC(=O)NCCc1c[nH]c2ccccc12)c1ccc(F)cc1. The number of rotatable bonds is 6. The van der Waals surface area contributed by atoms with Gasteiger partial charge < -0.3 is 15.2 Å². The minimum atomic E-state index is -0.388. The number of fused-ring (bicyclic) bond motifs is 1. The van der Waals surface area contributed by atoms with Crippen LogP contribution in [0.3, 0.4) is 0 Å². The average Bonchev–Trinajstić information content (AvgIpc) is 3.04. The first-order chi connectivity index (χ1) is 12.5. The number of aromatic nitrogens is 1. The number of nitrogens with zero attached hydrogens (tertiary/aromatic N) is 1. The van der Waals surface area contributed by atoms with Crippen molar-refractivity contribution in [2.75, 3.05) is 18.0 Å². The molecule has 2 amide bonds. The molecule has 0 aliphatic carbocycles. The van der Waals surface area contributed by atoms with Crippen molar-refractivity contribution in [3.05, 3.63) is 66.1 Å². The van der Waals surface area contributed by atoms with Gasteiger partial charge in [-0.25, -0.2) is 4.39 Å². The highest BCUT2D eigenvalue weighted by molar-refractivity contribution is 5.97. The normalized spacial score (nSPS) is 10.7. The van der Waals surface area contributed by atoms with Gasteiger partial charge >= 0.3 is 0 Å². The molecule has 0 radical (unpaired) electrons. The lowest BCUT2D eigenvalue weighted by Gasteiger charge is -2.20. The zero-order valence-electron chi connectivity index (χ0n) is 14.5. The molecule has 0 bridgehead atoms. The highest BCUT2D eigenvalue weighted by atomic mass is 19.1. The number of anilines is 1. The fourth-order valence-electron chi connectivity index (χ4n) is 2.88. The number of carbonyl (C=O) groups excluding carboxylic acids is 2. The van der Waals surface area contributed by atoms with Crippen LogP contribution in [0.5, 0.6) is 0 Å². The molecule has 0 fully saturated rings. The van der Waals surface area contributed by atoms with Crippen LogP contribution in [0.2, 0.25) is 0 Å². The monoisotopic (exact) mass is 353 g/mol. The van der Waals surface area contributed by atoms with Crippen LogP contribution in [0.4, 0.5) is 10.1 Å². The van der Waals surface area contributed by atoms with E-state index in [0.717, 1.165) is 16.5 Å². The lowest BCUT2D eigenvalue weighted by molar-refractivity contribution is -0.123. The third-order valence-electron chi connectivity index (χ3n) is 4.21. The van der Waals surface area contributed by atoms with E-state index in [1.807, 2.05) is 30.5 Å². The Hall–Kier alpha value is -3.15. The molecule has 5 nitrogen and oxygen atoms in total. The Morgan fingerprint density at radius 2 is 1.85 bits per heavy atom. The molecule has 2 N–H and O–H groups in total. The van der Waals surface area contributed by atoms with Gasteiger partial charge in [-0.3, -0.25) is 9.59 Å². The molecule has 0 saturated carbocycles. The van der Waals surface area contributed by atoms with E-state index in [9.17, 15) is 14.0 Å². The second-order valence-electron chi connectivity index (χ2n) is 6.04. The molecule has 1 aromatic heterocycles. The number of aromatic amines is 1. The van der Waals surface area contributed by atoms with Crippen LogP contribution in [-0.4, -0.2) is 29.9 Å². The zero-order valence-corrected chi connectivity index (χ0v) is 14.5. The Kier molecular flexibility index (Phi) is 5.31. The fourth-order valence-corrected chi connectivity index (χ4v) is 2.88. The molecule has 6 heteroatoms. The van der Waals surface area contributed by atoms with Crippen LogP contribution < -0.4 is 10.2 Å². The number of halogens is 1. The molecule has 0 spiro atoms. The number of carbonyl (C=O) groups is 2. The second kappa shape index (κ2) is 7.82. The van der Waals surface area contributed by atoms with Crippen molar-refractivity contribution in [3.63, 3.8) is 0 Å². The maximum Gasteiger partial charge on any atom is 0.240 e. The first-order valence-electron chi connectivity index (χ1n) is 8.40. The molecule has 0 aliphatic rings. The van der Waals surface area contributed by atoms with E-state index in [0.29, 0.717) is 18.7 Å². The van der Waals surface area contributed by atoms with Gasteiger partial charge in [0.15, 0.2) is 0 Å². The predicted molar refractivity (Wildman–Crippen MR) is 99.4 cm³/mol. The fraction of sp³-hybridized carbons (Fsp3) is 0.200. The predicted octanol–water partition coefficient (Wildman–Crippen LogP) is 3.02. The van der Waals surface area contributed by atoms with Crippen LogP contribution in [0, 0.1) is 5.82 Å². The van der Waals surface area contributed by atoms with Crippen LogP contribution in [0.25, 0.3) is 10.9 Å². The summed E-state index contributed by atoms with van der Waals surface area (Å²) in [7, 11) is 0. The largest absolute Gasteiger partial charge is 0.361 e. The third-order valence-corrected chi connectivity index (χ3v) is 4.21. The second-order valence-corrected chi connectivity index (χ2v) is 6.04. The van der Waals surface area contributed by atoms with Gasteiger partial charge in [0.05, 0.1) is 0 Å². The van der Waals surface area contributed by atoms with E-state index in [1.165, 1.54) is 36.1 Å². The Morgan fingerprint density at radius 1 is 1.12 bits per heavy atom. The number of H-pyrrole nitrogens is 1. The van der Waals surface area contributed by atoms with Crippen molar-refractivity contribution in [3.8, 4) is 0 Å². The number of hydrogen-bond donors (Lipinski definition) is 2. The molecular weight excluding hydrogens is 333 g/mol. The number of hydrogen-bond acceptors (Lipinski definition) is 2. The van der Waals surface area contributed by atoms with Crippen molar-refractivity contribution in [2.24, 2.45) is 0 Å². The summed E-state index contributed by atoms with van der Waals surface area (Å²) < 4.78 is 13.0. The lowest BCUT2D eigenvalue weighted by Crippen LogP contribution is -2.40. The third kappa shape index (κ3) is 4.08. The van der Waals surface area contributed by atoms with Crippen LogP contribution in [0.15, 0.2) is 54.7 Å². The van der Waals surface area contributed by atoms with E-state index in [4.69, 9.17) is 0 Å². The first-order valence-corrected chi connectivity index (χ1v) is 8.40. The Bertz CT molecular complexity index is 918.